The van der Waals surface area contributed by atoms with Gasteiger partial charge in [-0.3, -0.25) is 9.59 Å². The quantitative estimate of drug-likeness (QED) is 0.0356. The van der Waals surface area contributed by atoms with E-state index in [4.69, 9.17) is 9.47 Å². The molecule has 0 atom stereocenters. The third-order valence-electron chi connectivity index (χ3n) is 9.30. The van der Waals surface area contributed by atoms with Crippen molar-refractivity contribution in [1.82, 2.24) is 0 Å². The maximum atomic E-state index is 11.4. The second-order valence-corrected chi connectivity index (χ2v) is 24.2. The second-order valence-electron chi connectivity index (χ2n) is 13.6. The lowest BCUT2D eigenvalue weighted by Crippen LogP contribution is -2.33. The first-order valence-electron chi connectivity index (χ1n) is 19.8. The Labute approximate surface area is 399 Å². The summed E-state index contributed by atoms with van der Waals surface area (Å²) in [6.45, 7) is 5.94. The summed E-state index contributed by atoms with van der Waals surface area (Å²) in [5.41, 5.74) is 6.00. The predicted molar refractivity (Wildman–Crippen MR) is 281 cm³/mol. The van der Waals surface area contributed by atoms with E-state index < -0.39 is 11.2 Å². The van der Waals surface area contributed by atoms with E-state index in [0.29, 0.717) is 26.1 Å². The summed E-state index contributed by atoms with van der Waals surface area (Å²) in [7, 11) is 9.12. The Kier molecular flexibility index (Phi) is 23.7. The van der Waals surface area contributed by atoms with Crippen LogP contribution in [0.1, 0.15) is 67.0 Å². The Bertz CT molecular complexity index is 2470. The summed E-state index contributed by atoms with van der Waals surface area (Å²) in [6.07, 6.45) is 2.88. The Balaban J connectivity index is 0.000000236. The van der Waals surface area contributed by atoms with Crippen LogP contribution in [0.2, 0.25) is 0 Å². The van der Waals surface area contributed by atoms with E-state index in [-0.39, 0.29) is 11.6 Å². The number of allylic oxidation sites excluding steroid dienone is 1. The van der Waals surface area contributed by atoms with Crippen LogP contribution in [0.15, 0.2) is 194 Å². The molecule has 0 saturated heterocycles. The molecule has 324 valence electrons. The van der Waals surface area contributed by atoms with Crippen LogP contribution in [-0.4, -0.2) is 24.8 Å². The highest BCUT2D eigenvalue weighted by molar-refractivity contribution is 8.70. The summed E-state index contributed by atoms with van der Waals surface area (Å²) < 4.78 is 13.2. The largest absolute Gasteiger partial charge is 0.361 e. The molecule has 6 rings (SSSR count). The molecule has 0 unspecified atom stereocenters. The van der Waals surface area contributed by atoms with Crippen molar-refractivity contribution in [2.75, 3.05) is 13.2 Å². The molecular weight excluding hydrogens is 933 g/mol. The summed E-state index contributed by atoms with van der Waals surface area (Å²) in [5.74, 6) is 5.41. The van der Waals surface area contributed by atoms with Gasteiger partial charge in [-0.1, -0.05) is 193 Å². The lowest BCUT2D eigenvalue weighted by Gasteiger charge is -2.36. The molecule has 0 N–H and O–H groups in total. The van der Waals surface area contributed by atoms with Crippen molar-refractivity contribution in [3.8, 4) is 11.8 Å². The van der Waals surface area contributed by atoms with E-state index in [2.05, 4.69) is 107 Å². The first-order valence-corrected chi connectivity index (χ1v) is 29.1. The number of Topliss-reactive ketones (excluding diaryl/α,β-unsaturated/α-hetero) is 1. The van der Waals surface area contributed by atoms with Gasteiger partial charge in [0.25, 0.3) is 0 Å². The Morgan fingerprint density at radius 3 is 1.06 bits per heavy atom. The topological polar surface area (TPSA) is 52.6 Å². The summed E-state index contributed by atoms with van der Waals surface area (Å²) in [5, 5.41) is 0. The maximum Gasteiger partial charge on any atom is 0.202 e. The van der Waals surface area contributed by atoms with Gasteiger partial charge >= 0.3 is 0 Å². The van der Waals surface area contributed by atoms with Crippen molar-refractivity contribution in [3.05, 3.63) is 227 Å². The molecule has 0 saturated carbocycles. The molecule has 63 heavy (non-hydrogen) atoms. The first-order chi connectivity index (χ1) is 30.8. The molecule has 0 aliphatic heterocycles. The first kappa shape index (κ1) is 51.3. The van der Waals surface area contributed by atoms with Crippen molar-refractivity contribution in [2.24, 2.45) is 0 Å². The third kappa shape index (κ3) is 16.3. The normalized spacial score (nSPS) is 10.7. The number of hydrogen-bond donors (Lipinski definition) is 0. The zero-order valence-electron chi connectivity index (χ0n) is 35.1. The lowest BCUT2D eigenvalue weighted by molar-refractivity contribution is -0.113. The van der Waals surface area contributed by atoms with Crippen molar-refractivity contribution >= 4 is 87.2 Å². The van der Waals surface area contributed by atoms with Gasteiger partial charge in [0.2, 0.25) is 5.78 Å². The molecule has 0 fully saturated rings. The molecular formula is C51H48O4S8. The highest BCUT2D eigenvalue weighted by Crippen LogP contribution is 2.42. The summed E-state index contributed by atoms with van der Waals surface area (Å²) >= 11 is 9.21. The minimum atomic E-state index is -0.734. The fourth-order valence-corrected chi connectivity index (χ4v) is 17.8. The van der Waals surface area contributed by atoms with Gasteiger partial charge in [0.05, 0.1) is 13.2 Å². The molecule has 0 amide bonds. The van der Waals surface area contributed by atoms with E-state index in [1.807, 2.05) is 116 Å². The van der Waals surface area contributed by atoms with Gasteiger partial charge in [0.15, 0.2) is 5.78 Å². The van der Waals surface area contributed by atoms with Gasteiger partial charge in [-0.25, -0.2) is 0 Å². The number of ketones is 2. The van der Waals surface area contributed by atoms with E-state index >= 15 is 0 Å². The standard InChI is InChI=1S/C26H26O2.C25H22O2.S8/c1-21(20-22(2)27)18-19-28-26(23-12-6-3-7-13-23,24-14-8-4-9-15-24)25-16-10-5-11-17-25;1-21(26)13-11-12-20-27-25(22-14-5-2-6-15-22,23-16-7-3-8-17-23)24-18-9-4-10-19-24;1-3-5-7-8-6-4-2/h3-17,20H,18-19H2,1-2H3;2-10,14-19H,12,20H2,1H3;/b21-20-;;. The second kappa shape index (κ2) is 29.2. The van der Waals surface area contributed by atoms with Gasteiger partial charge < -0.3 is 9.47 Å². The van der Waals surface area contributed by atoms with Gasteiger partial charge in [0, 0.05) is 89.0 Å². The van der Waals surface area contributed by atoms with Crippen molar-refractivity contribution in [3.63, 3.8) is 0 Å². The monoisotopic (exact) mass is 980 g/mol. The smallest absolute Gasteiger partial charge is 0.202 e. The SMILES string of the molecule is CC(=O)/C=C(/C)CCOC(c1ccccc1)(c1ccccc1)c1ccccc1.CC(=O)C#CCCOC(c1ccccc1)(c1ccccc1)c1ccccc1.S=S=S=S=S=S=S=S. The number of carbonyl (C=O) groups is 2. The zero-order valence-corrected chi connectivity index (χ0v) is 41.7. The van der Waals surface area contributed by atoms with Crippen LogP contribution >= 0.6 is 0 Å². The molecule has 6 aromatic carbocycles. The number of benzene rings is 6. The Hall–Kier alpha value is -4.36. The van der Waals surface area contributed by atoms with E-state index in [9.17, 15) is 9.59 Å². The van der Waals surface area contributed by atoms with Gasteiger partial charge in [-0.2, -0.15) is 0 Å². The lowest BCUT2D eigenvalue weighted by atomic mass is 9.80. The highest BCUT2D eigenvalue weighted by atomic mass is 33.4. The minimum Gasteiger partial charge on any atom is -0.361 e. The van der Waals surface area contributed by atoms with Gasteiger partial charge in [-0.15, -0.1) is 0 Å². The highest BCUT2D eigenvalue weighted by Gasteiger charge is 2.38. The zero-order chi connectivity index (χ0) is 45.0. The third-order valence-corrected chi connectivity index (χ3v) is 20.4. The van der Waals surface area contributed by atoms with Crippen LogP contribution in [0.5, 0.6) is 0 Å². The van der Waals surface area contributed by atoms with Crippen LogP contribution in [0.25, 0.3) is 0 Å². The fraction of sp³-hybridized carbons (Fsp3) is 0.176. The molecule has 4 nitrogen and oxygen atoms in total. The summed E-state index contributed by atoms with van der Waals surface area (Å²) in [6, 6.07) is 61.6. The number of carbonyl (C=O) groups excluding carboxylic acids is 2. The molecule has 0 radical (unpaired) electrons. The Morgan fingerprint density at radius 1 is 0.492 bits per heavy atom. The molecule has 0 aromatic heterocycles. The van der Waals surface area contributed by atoms with Gasteiger partial charge in [0.1, 0.15) is 11.2 Å². The number of rotatable bonds is 14. The number of ether oxygens (including phenoxy) is 2. The summed E-state index contributed by atoms with van der Waals surface area (Å²) in [4.78, 5) is 22.4. The molecule has 0 aliphatic rings. The van der Waals surface area contributed by atoms with Crippen LogP contribution in [-0.2, 0) is 106 Å². The molecule has 0 spiro atoms. The van der Waals surface area contributed by atoms with E-state index in [1.165, 1.54) is 24.7 Å². The van der Waals surface area contributed by atoms with Crippen LogP contribution in [0, 0.1) is 11.8 Å². The van der Waals surface area contributed by atoms with Crippen molar-refractivity contribution in [2.45, 2.75) is 44.8 Å². The van der Waals surface area contributed by atoms with Crippen molar-refractivity contribution in [1.29, 1.82) is 0 Å². The number of hydrogen-bond acceptors (Lipinski definition) is 6. The van der Waals surface area contributed by atoms with Gasteiger partial charge in [-0.05, 0) is 65.6 Å². The fourth-order valence-electron chi connectivity index (χ4n) is 6.81. The van der Waals surface area contributed by atoms with E-state index in [0.717, 1.165) is 39.0 Å². The van der Waals surface area contributed by atoms with Crippen molar-refractivity contribution < 1.29 is 19.1 Å². The predicted octanol–water partition coefficient (Wildman–Crippen LogP) is 10.9. The Morgan fingerprint density at radius 2 is 0.794 bits per heavy atom. The molecule has 12 heteroatoms. The maximum absolute atomic E-state index is 11.4. The van der Waals surface area contributed by atoms with Crippen LogP contribution < -0.4 is 0 Å². The molecule has 0 bridgehead atoms. The average molecular weight is 981 g/mol. The minimum absolute atomic E-state index is 0.0675. The van der Waals surface area contributed by atoms with E-state index in [1.54, 1.807) is 48.5 Å². The molecule has 0 aliphatic carbocycles. The van der Waals surface area contributed by atoms with Crippen LogP contribution in [0.3, 0.4) is 0 Å². The molecule has 6 aromatic rings. The van der Waals surface area contributed by atoms with Crippen LogP contribution in [0.4, 0.5) is 0 Å². The average Bonchev–Trinajstić information content (AvgIpc) is 3.32. The molecule has 0 heterocycles.